The highest BCUT2D eigenvalue weighted by Crippen LogP contribution is 2.21. The van der Waals surface area contributed by atoms with Crippen molar-refractivity contribution in [3.05, 3.63) is 28.2 Å². The van der Waals surface area contributed by atoms with Crippen molar-refractivity contribution in [2.45, 2.75) is 26.7 Å². The first-order chi connectivity index (χ1) is 8.84. The number of carbonyl (C=O) groups is 1. The Morgan fingerprint density at radius 3 is 2.74 bits per heavy atom. The van der Waals surface area contributed by atoms with Crippen molar-refractivity contribution in [1.29, 1.82) is 5.26 Å². The molecular weight excluding hydrogens is 308 g/mol. The second-order valence-corrected chi connectivity index (χ2v) is 5.92. The molecule has 0 radical (unpaired) electrons. The summed E-state index contributed by atoms with van der Waals surface area (Å²) in [5, 5.41) is 8.86. The van der Waals surface area contributed by atoms with Crippen LogP contribution in [-0.2, 0) is 4.74 Å². The Kier molecular flexibility index (Phi) is 5.37. The molecule has 0 aliphatic rings. The van der Waals surface area contributed by atoms with Crippen molar-refractivity contribution >= 4 is 27.6 Å². The molecule has 0 saturated carbocycles. The number of rotatable bonds is 5. The molecular formula is C14H17BrN2O2. The summed E-state index contributed by atoms with van der Waals surface area (Å²) >= 11 is 3.27. The van der Waals surface area contributed by atoms with E-state index in [1.807, 2.05) is 13.8 Å². The van der Waals surface area contributed by atoms with Crippen molar-refractivity contribution in [1.82, 2.24) is 0 Å². The van der Waals surface area contributed by atoms with Crippen molar-refractivity contribution in [3.63, 3.8) is 0 Å². The van der Waals surface area contributed by atoms with Gasteiger partial charge >= 0.3 is 5.97 Å². The van der Waals surface area contributed by atoms with E-state index in [2.05, 4.69) is 22.0 Å². The number of ether oxygens (including phenoxy) is 1. The molecule has 0 heterocycles. The van der Waals surface area contributed by atoms with Crippen molar-refractivity contribution < 1.29 is 9.53 Å². The van der Waals surface area contributed by atoms with Crippen molar-refractivity contribution in [2.24, 2.45) is 5.41 Å². The zero-order chi connectivity index (χ0) is 14.5. The Balaban J connectivity index is 2.46. The molecule has 0 aliphatic carbocycles. The van der Waals surface area contributed by atoms with Gasteiger partial charge in [-0.15, -0.1) is 0 Å². The van der Waals surface area contributed by atoms with Gasteiger partial charge in [0.05, 0.1) is 23.7 Å². The molecule has 4 nitrogen and oxygen atoms in total. The Morgan fingerprint density at radius 2 is 2.16 bits per heavy atom. The number of nitrogens with zero attached hydrogens (tertiary/aromatic N) is 1. The molecule has 2 N–H and O–H groups in total. The van der Waals surface area contributed by atoms with Crippen LogP contribution in [0.15, 0.2) is 22.7 Å². The van der Waals surface area contributed by atoms with Gasteiger partial charge in [-0.3, -0.25) is 0 Å². The summed E-state index contributed by atoms with van der Waals surface area (Å²) in [5.74, 6) is -0.400. The molecule has 0 aliphatic heterocycles. The maximum absolute atomic E-state index is 11.8. The van der Waals surface area contributed by atoms with E-state index in [0.717, 1.165) is 4.47 Å². The van der Waals surface area contributed by atoms with E-state index in [0.29, 0.717) is 30.7 Å². The van der Waals surface area contributed by atoms with Crippen LogP contribution in [0, 0.1) is 16.7 Å². The third kappa shape index (κ3) is 5.31. The summed E-state index contributed by atoms with van der Waals surface area (Å²) in [7, 11) is 0. The number of nitriles is 1. The van der Waals surface area contributed by atoms with Crippen LogP contribution in [0.1, 0.15) is 37.0 Å². The van der Waals surface area contributed by atoms with Crippen LogP contribution in [0.2, 0.25) is 0 Å². The zero-order valence-electron chi connectivity index (χ0n) is 11.1. The fourth-order valence-corrected chi connectivity index (χ4v) is 2.06. The monoisotopic (exact) mass is 324 g/mol. The number of nitrogen functional groups attached to an aromatic ring is 1. The van der Waals surface area contributed by atoms with E-state index in [1.54, 1.807) is 18.2 Å². The molecule has 0 bridgehead atoms. The largest absolute Gasteiger partial charge is 0.462 e. The first-order valence-corrected chi connectivity index (χ1v) is 6.78. The van der Waals surface area contributed by atoms with Gasteiger partial charge in [0.2, 0.25) is 0 Å². The fraction of sp³-hybridized carbons (Fsp3) is 0.429. The first kappa shape index (κ1) is 15.5. The summed E-state index contributed by atoms with van der Waals surface area (Å²) < 4.78 is 5.89. The average Bonchev–Trinajstić information content (AvgIpc) is 2.33. The first-order valence-electron chi connectivity index (χ1n) is 5.98. The predicted octanol–water partition coefficient (Wildman–Crippen LogP) is 3.52. The minimum Gasteiger partial charge on any atom is -0.462 e. The number of hydrogen-bond acceptors (Lipinski definition) is 4. The quantitative estimate of drug-likeness (QED) is 0.510. The Hall–Kier alpha value is -1.54. The van der Waals surface area contributed by atoms with Crippen LogP contribution in [0.25, 0.3) is 0 Å². The molecule has 0 aromatic heterocycles. The van der Waals surface area contributed by atoms with Gasteiger partial charge in [0.15, 0.2) is 0 Å². The number of hydrogen-bond donors (Lipinski definition) is 1. The SMILES string of the molecule is CC(C)(C#N)CCCOC(=O)c1cc(N)cc(Br)c1. The molecule has 0 atom stereocenters. The second kappa shape index (κ2) is 6.58. The van der Waals surface area contributed by atoms with E-state index in [9.17, 15) is 4.79 Å². The summed E-state index contributed by atoms with van der Waals surface area (Å²) in [6.07, 6.45) is 1.35. The molecule has 5 heteroatoms. The number of halogens is 1. The highest BCUT2D eigenvalue weighted by molar-refractivity contribution is 9.10. The van der Waals surface area contributed by atoms with E-state index in [-0.39, 0.29) is 5.41 Å². The minimum absolute atomic E-state index is 0.302. The van der Waals surface area contributed by atoms with Crippen LogP contribution in [0.4, 0.5) is 5.69 Å². The number of esters is 1. The molecule has 0 spiro atoms. The van der Waals surface area contributed by atoms with Gasteiger partial charge in [0.1, 0.15) is 0 Å². The third-order valence-electron chi connectivity index (χ3n) is 2.64. The highest BCUT2D eigenvalue weighted by Gasteiger charge is 2.16. The number of carbonyl (C=O) groups excluding carboxylic acids is 1. The van der Waals surface area contributed by atoms with E-state index >= 15 is 0 Å². The van der Waals surface area contributed by atoms with E-state index in [4.69, 9.17) is 15.7 Å². The zero-order valence-corrected chi connectivity index (χ0v) is 12.7. The lowest BCUT2D eigenvalue weighted by Gasteiger charge is -2.14. The summed E-state index contributed by atoms with van der Waals surface area (Å²) in [4.78, 5) is 11.8. The molecule has 1 rings (SSSR count). The number of benzene rings is 1. The predicted molar refractivity (Wildman–Crippen MR) is 77.5 cm³/mol. The van der Waals surface area contributed by atoms with Crippen LogP contribution in [0.3, 0.4) is 0 Å². The molecule has 0 saturated heterocycles. The van der Waals surface area contributed by atoms with Crippen molar-refractivity contribution in [3.8, 4) is 6.07 Å². The lowest BCUT2D eigenvalue weighted by atomic mass is 9.90. The summed E-state index contributed by atoms with van der Waals surface area (Å²) in [6, 6.07) is 7.17. The van der Waals surface area contributed by atoms with Gasteiger partial charge in [-0.2, -0.15) is 5.26 Å². The molecule has 1 aromatic rings. The average molecular weight is 325 g/mol. The lowest BCUT2D eigenvalue weighted by molar-refractivity contribution is 0.0491. The number of nitrogens with two attached hydrogens (primary N) is 1. The minimum atomic E-state index is -0.400. The highest BCUT2D eigenvalue weighted by atomic mass is 79.9. The van der Waals surface area contributed by atoms with Gasteiger partial charge in [0, 0.05) is 10.2 Å². The standard InChI is InChI=1S/C14H17BrN2O2/c1-14(2,9-16)4-3-5-19-13(18)10-6-11(15)8-12(17)7-10/h6-8H,3-5,17H2,1-2H3. The topological polar surface area (TPSA) is 76.1 Å². The van der Waals surface area contributed by atoms with Crippen LogP contribution < -0.4 is 5.73 Å². The number of anilines is 1. The lowest BCUT2D eigenvalue weighted by Crippen LogP contribution is -2.12. The third-order valence-corrected chi connectivity index (χ3v) is 3.10. The summed E-state index contributed by atoms with van der Waals surface area (Å²) in [6.45, 7) is 4.03. The van der Waals surface area contributed by atoms with Crippen LogP contribution in [0.5, 0.6) is 0 Å². The molecule has 0 fully saturated rings. The summed E-state index contributed by atoms with van der Waals surface area (Å²) in [5.41, 5.74) is 6.20. The Bertz CT molecular complexity index is 486. The molecule has 1 aromatic carbocycles. The molecule has 0 unspecified atom stereocenters. The van der Waals surface area contributed by atoms with E-state index in [1.165, 1.54) is 0 Å². The maximum atomic E-state index is 11.8. The van der Waals surface area contributed by atoms with Gasteiger partial charge < -0.3 is 10.5 Å². The van der Waals surface area contributed by atoms with Gasteiger partial charge in [-0.05, 0) is 44.9 Å². The molecule has 102 valence electrons. The maximum Gasteiger partial charge on any atom is 0.338 e. The second-order valence-electron chi connectivity index (χ2n) is 5.01. The van der Waals surface area contributed by atoms with Gasteiger partial charge in [-0.25, -0.2) is 4.79 Å². The van der Waals surface area contributed by atoms with Crippen LogP contribution >= 0.6 is 15.9 Å². The molecule has 0 amide bonds. The molecule has 19 heavy (non-hydrogen) atoms. The van der Waals surface area contributed by atoms with Crippen molar-refractivity contribution in [2.75, 3.05) is 12.3 Å². The Labute approximate surface area is 121 Å². The van der Waals surface area contributed by atoms with Gasteiger partial charge in [-0.1, -0.05) is 15.9 Å². The fourth-order valence-electron chi connectivity index (χ4n) is 1.55. The normalized spacial score (nSPS) is 10.8. The smallest absolute Gasteiger partial charge is 0.338 e. The van der Waals surface area contributed by atoms with Gasteiger partial charge in [0.25, 0.3) is 0 Å². The Morgan fingerprint density at radius 1 is 1.47 bits per heavy atom. The van der Waals surface area contributed by atoms with E-state index < -0.39 is 5.97 Å². The van der Waals surface area contributed by atoms with Crippen LogP contribution in [-0.4, -0.2) is 12.6 Å².